The molecule has 0 aliphatic carbocycles. The van der Waals surface area contributed by atoms with Crippen LogP contribution < -0.4 is 10.6 Å². The zero-order chi connectivity index (χ0) is 15.0. The van der Waals surface area contributed by atoms with Gasteiger partial charge in [0.2, 0.25) is 0 Å². The van der Waals surface area contributed by atoms with Gasteiger partial charge in [0.15, 0.2) is 5.96 Å². The molecule has 0 heterocycles. The molecule has 0 unspecified atom stereocenters. The minimum absolute atomic E-state index is 0. The molecule has 0 aromatic heterocycles. The molecule has 0 aliphatic heterocycles. The maximum atomic E-state index is 13.1. The van der Waals surface area contributed by atoms with Crippen molar-refractivity contribution in [2.24, 2.45) is 4.99 Å². The molecule has 1 aromatic rings. The molecule has 0 saturated carbocycles. The van der Waals surface area contributed by atoms with Crippen molar-refractivity contribution in [3.8, 4) is 0 Å². The number of benzene rings is 1. The first-order valence-electron chi connectivity index (χ1n) is 6.78. The van der Waals surface area contributed by atoms with Crippen LogP contribution in [0.25, 0.3) is 0 Å². The quantitative estimate of drug-likeness (QED) is 0.415. The fourth-order valence-corrected chi connectivity index (χ4v) is 1.73. The predicted molar refractivity (Wildman–Crippen MR) is 102 cm³/mol. The standard InChI is InChI=1S/C15H24FN3S.HI/c1-5-17-14(19-11-15(2,3)20-4)18-10-12-7-6-8-13(16)9-12;/h6-9H,5,10-11H2,1-4H3,(H2,17,18,19);1H. The summed E-state index contributed by atoms with van der Waals surface area (Å²) < 4.78 is 13.3. The summed E-state index contributed by atoms with van der Waals surface area (Å²) in [5, 5.41) is 6.52. The van der Waals surface area contributed by atoms with E-state index >= 15 is 0 Å². The Bertz CT molecular complexity index is 452. The van der Waals surface area contributed by atoms with Gasteiger partial charge in [-0.25, -0.2) is 9.38 Å². The molecule has 0 bridgehead atoms. The van der Waals surface area contributed by atoms with Gasteiger partial charge < -0.3 is 10.6 Å². The van der Waals surface area contributed by atoms with E-state index < -0.39 is 0 Å². The van der Waals surface area contributed by atoms with Crippen molar-refractivity contribution in [2.75, 3.05) is 19.3 Å². The molecule has 2 N–H and O–H groups in total. The van der Waals surface area contributed by atoms with Crippen LogP contribution in [0.15, 0.2) is 29.3 Å². The van der Waals surface area contributed by atoms with Crippen molar-refractivity contribution in [3.05, 3.63) is 35.6 Å². The van der Waals surface area contributed by atoms with Gasteiger partial charge in [-0.3, -0.25) is 0 Å². The highest BCUT2D eigenvalue weighted by Gasteiger charge is 2.15. The van der Waals surface area contributed by atoms with Crippen molar-refractivity contribution in [3.63, 3.8) is 0 Å². The number of rotatable bonds is 6. The second-order valence-electron chi connectivity index (χ2n) is 5.14. The number of hydrogen-bond donors (Lipinski definition) is 2. The molecule has 21 heavy (non-hydrogen) atoms. The summed E-state index contributed by atoms with van der Waals surface area (Å²) in [4.78, 5) is 4.48. The van der Waals surface area contributed by atoms with Gasteiger partial charge in [-0.1, -0.05) is 12.1 Å². The molecule has 120 valence electrons. The van der Waals surface area contributed by atoms with E-state index in [-0.39, 0.29) is 34.5 Å². The van der Waals surface area contributed by atoms with Gasteiger partial charge >= 0.3 is 0 Å². The lowest BCUT2D eigenvalue weighted by Gasteiger charge is -2.23. The van der Waals surface area contributed by atoms with Gasteiger partial charge in [0.25, 0.3) is 0 Å². The third-order valence-electron chi connectivity index (χ3n) is 2.89. The first kappa shape index (κ1) is 20.5. The lowest BCUT2D eigenvalue weighted by Crippen LogP contribution is -2.43. The molecule has 0 saturated heterocycles. The van der Waals surface area contributed by atoms with Crippen molar-refractivity contribution in [2.45, 2.75) is 32.1 Å². The van der Waals surface area contributed by atoms with E-state index in [2.05, 4.69) is 35.7 Å². The minimum Gasteiger partial charge on any atom is -0.357 e. The zero-order valence-electron chi connectivity index (χ0n) is 13.1. The van der Waals surface area contributed by atoms with Crippen LogP contribution in [0.2, 0.25) is 0 Å². The Labute approximate surface area is 148 Å². The number of nitrogens with zero attached hydrogens (tertiary/aromatic N) is 1. The van der Waals surface area contributed by atoms with Crippen molar-refractivity contribution in [1.29, 1.82) is 0 Å². The topological polar surface area (TPSA) is 36.4 Å². The molecule has 0 amide bonds. The third kappa shape index (κ3) is 8.50. The van der Waals surface area contributed by atoms with E-state index in [1.165, 1.54) is 12.1 Å². The van der Waals surface area contributed by atoms with Crippen LogP contribution in [-0.2, 0) is 6.54 Å². The van der Waals surface area contributed by atoms with Crippen LogP contribution in [-0.4, -0.2) is 30.1 Å². The maximum Gasteiger partial charge on any atom is 0.191 e. The highest BCUT2D eigenvalue weighted by Crippen LogP contribution is 2.19. The van der Waals surface area contributed by atoms with E-state index in [0.29, 0.717) is 6.54 Å². The first-order chi connectivity index (χ1) is 9.46. The summed E-state index contributed by atoms with van der Waals surface area (Å²) in [6, 6.07) is 6.54. The van der Waals surface area contributed by atoms with Gasteiger partial charge in [-0.15, -0.1) is 24.0 Å². The number of halogens is 2. The Morgan fingerprint density at radius 3 is 2.62 bits per heavy atom. The molecule has 3 nitrogen and oxygen atoms in total. The summed E-state index contributed by atoms with van der Waals surface area (Å²) in [5.41, 5.74) is 0.867. The number of hydrogen-bond acceptors (Lipinski definition) is 2. The van der Waals surface area contributed by atoms with Crippen LogP contribution in [0.3, 0.4) is 0 Å². The van der Waals surface area contributed by atoms with E-state index in [1.807, 2.05) is 24.8 Å². The Hall–Kier alpha value is -0.500. The van der Waals surface area contributed by atoms with Gasteiger partial charge in [0, 0.05) is 17.8 Å². The van der Waals surface area contributed by atoms with Crippen LogP contribution in [0.1, 0.15) is 26.3 Å². The van der Waals surface area contributed by atoms with E-state index in [9.17, 15) is 4.39 Å². The van der Waals surface area contributed by atoms with Gasteiger partial charge in [0.1, 0.15) is 5.82 Å². The molecular formula is C15H25FIN3S. The summed E-state index contributed by atoms with van der Waals surface area (Å²) in [6.07, 6.45) is 2.10. The molecule has 1 aromatic carbocycles. The average molecular weight is 425 g/mol. The first-order valence-corrected chi connectivity index (χ1v) is 8.01. The Balaban J connectivity index is 0.00000400. The highest BCUT2D eigenvalue weighted by molar-refractivity contribution is 14.0. The summed E-state index contributed by atoms with van der Waals surface area (Å²) in [7, 11) is 0. The summed E-state index contributed by atoms with van der Waals surface area (Å²) in [5.74, 6) is 0.540. The van der Waals surface area contributed by atoms with Crippen molar-refractivity contribution in [1.82, 2.24) is 10.6 Å². The van der Waals surface area contributed by atoms with Crippen LogP contribution >= 0.6 is 35.7 Å². The van der Waals surface area contributed by atoms with E-state index in [1.54, 1.807) is 6.07 Å². The summed E-state index contributed by atoms with van der Waals surface area (Å²) in [6.45, 7) is 8.48. The number of nitrogens with one attached hydrogen (secondary N) is 2. The van der Waals surface area contributed by atoms with Crippen LogP contribution in [0, 0.1) is 5.82 Å². The summed E-state index contributed by atoms with van der Waals surface area (Å²) >= 11 is 1.81. The Morgan fingerprint density at radius 1 is 1.33 bits per heavy atom. The largest absolute Gasteiger partial charge is 0.357 e. The normalized spacial score (nSPS) is 11.8. The number of thioether (sulfide) groups is 1. The molecule has 6 heteroatoms. The highest BCUT2D eigenvalue weighted by atomic mass is 127. The van der Waals surface area contributed by atoms with E-state index in [4.69, 9.17) is 0 Å². The Morgan fingerprint density at radius 2 is 2.05 bits per heavy atom. The number of guanidine groups is 1. The molecule has 0 spiro atoms. The Kier molecular flexibility index (Phi) is 10.0. The molecular weight excluding hydrogens is 400 g/mol. The number of aliphatic imine (C=N–C) groups is 1. The zero-order valence-corrected chi connectivity index (χ0v) is 16.2. The van der Waals surface area contributed by atoms with Crippen molar-refractivity contribution >= 4 is 41.7 Å². The molecule has 0 atom stereocenters. The lowest BCUT2D eigenvalue weighted by atomic mass is 10.2. The maximum absolute atomic E-state index is 13.1. The smallest absolute Gasteiger partial charge is 0.191 e. The molecule has 0 fully saturated rings. The van der Waals surface area contributed by atoms with Crippen LogP contribution in [0.4, 0.5) is 4.39 Å². The van der Waals surface area contributed by atoms with Gasteiger partial charge in [-0.2, -0.15) is 11.8 Å². The van der Waals surface area contributed by atoms with Gasteiger partial charge in [-0.05, 0) is 44.7 Å². The molecule has 1 rings (SSSR count). The third-order valence-corrected chi connectivity index (χ3v) is 4.14. The minimum atomic E-state index is -0.223. The fourth-order valence-electron chi connectivity index (χ4n) is 1.52. The second kappa shape index (κ2) is 10.3. The lowest BCUT2D eigenvalue weighted by molar-refractivity contribution is 0.625. The monoisotopic (exact) mass is 425 g/mol. The second-order valence-corrected chi connectivity index (χ2v) is 6.66. The van der Waals surface area contributed by atoms with E-state index in [0.717, 1.165) is 24.6 Å². The SMILES string of the molecule is CCNC(=NCc1cccc(F)c1)NCC(C)(C)SC.I. The molecule has 0 radical (unpaired) electrons. The predicted octanol–water partition coefficient (Wildman–Crippen LogP) is 3.64. The van der Waals surface area contributed by atoms with Gasteiger partial charge in [0.05, 0.1) is 6.54 Å². The van der Waals surface area contributed by atoms with Crippen LogP contribution in [0.5, 0.6) is 0 Å². The van der Waals surface area contributed by atoms with Crippen molar-refractivity contribution < 1.29 is 4.39 Å². The molecule has 0 aliphatic rings. The average Bonchev–Trinajstić information content (AvgIpc) is 2.42. The fraction of sp³-hybridized carbons (Fsp3) is 0.533.